The second-order valence-electron chi connectivity index (χ2n) is 24.4. The third-order valence-corrected chi connectivity index (χ3v) is 18.3. The number of amides is 8. The maximum absolute atomic E-state index is 14.2. The first-order valence-electron chi connectivity index (χ1n) is 32.5. The number of aromatic amines is 1. The molecule has 7 N–H and O–H groups in total. The van der Waals surface area contributed by atoms with Gasteiger partial charge in [-0.2, -0.15) is 4.73 Å². The van der Waals surface area contributed by atoms with E-state index >= 15 is 0 Å². The smallest absolute Gasteiger partial charge is 0.248 e. The van der Waals surface area contributed by atoms with E-state index in [4.69, 9.17) is 4.84 Å². The van der Waals surface area contributed by atoms with Gasteiger partial charge in [-0.15, -0.1) is 0 Å². The molecule has 2 unspecified atom stereocenters. The summed E-state index contributed by atoms with van der Waals surface area (Å²) in [7, 11) is 1.42. The molecule has 4 aliphatic rings. The molecule has 0 aliphatic carbocycles. The maximum atomic E-state index is 14.2. The number of carbonyl (C=O) groups is 10. The average Bonchev–Trinajstić information content (AvgIpc) is 0.966. The molecule has 488 valence electrons. The van der Waals surface area contributed by atoms with E-state index in [1.165, 1.54) is 29.1 Å². The highest BCUT2D eigenvalue weighted by Gasteiger charge is 2.44. The molecule has 4 aliphatic heterocycles. The second-order valence-corrected chi connectivity index (χ2v) is 24.4. The first-order chi connectivity index (χ1) is 43.3. The number of hydrogen-bond donors (Lipinski definition) is 7. The molecule has 8 amide bonds. The third-order valence-electron chi connectivity index (χ3n) is 18.3. The number of pyridine rings is 2. The molecular weight excluding hydrogens is 1150 g/mol. The number of ketones is 2. The molecule has 2 aromatic carbocycles. The van der Waals surface area contributed by atoms with Crippen molar-refractivity contribution in [2.45, 2.75) is 218 Å². The zero-order valence-electron chi connectivity index (χ0n) is 53.3. The molecule has 8 rings (SSSR count). The van der Waals surface area contributed by atoms with E-state index in [-0.39, 0.29) is 64.6 Å². The van der Waals surface area contributed by atoms with Crippen LogP contribution in [0.25, 0.3) is 21.8 Å². The van der Waals surface area contributed by atoms with E-state index in [0.29, 0.717) is 126 Å². The number of H-pyrrole nitrogens is 1. The quantitative estimate of drug-likeness (QED) is 0.0502. The summed E-state index contributed by atoms with van der Waals surface area (Å²) in [4.78, 5) is 174. The van der Waals surface area contributed by atoms with Gasteiger partial charge < -0.3 is 51.5 Å². The van der Waals surface area contributed by atoms with E-state index in [0.717, 1.165) is 19.3 Å². The van der Waals surface area contributed by atoms with Gasteiger partial charge in [0.15, 0.2) is 10.9 Å². The predicted molar refractivity (Wildman–Crippen MR) is 339 cm³/mol. The molecule has 4 fully saturated rings. The van der Waals surface area contributed by atoms with Gasteiger partial charge in [0.1, 0.15) is 67.0 Å². The van der Waals surface area contributed by atoms with Crippen molar-refractivity contribution >= 4 is 80.6 Å². The molecular formula is C67H92N10O13. The van der Waals surface area contributed by atoms with E-state index in [2.05, 4.69) is 36.9 Å². The SMILES string of the molecule is CCC(=O)CCCCC[C@@H]1NC(=O)[C@H]2CCCCN2C(=O)[C@H](C(C)CC)NC(=O)[C@H](c2c[nH]c3ccccc3c2=O)NC1=O.CCC(=O)CCCCC[C@@H]1NC(=O)[C@H]2CCCCN2C(=O)[C@H](C(C)CC)NC(=O)[C@H](c2cn(OC)c3ccccc3c2=O)NC1=O. The minimum Gasteiger partial charge on any atom is -0.417 e. The first kappa shape index (κ1) is 69.2. The van der Waals surface area contributed by atoms with Crippen molar-refractivity contribution < 1.29 is 52.8 Å². The molecule has 0 radical (unpaired) electrons. The molecule has 90 heavy (non-hydrogen) atoms. The highest BCUT2D eigenvalue weighted by atomic mass is 16.6. The average molecular weight is 1250 g/mol. The van der Waals surface area contributed by atoms with Gasteiger partial charge in [-0.25, -0.2) is 0 Å². The lowest BCUT2D eigenvalue weighted by molar-refractivity contribution is -0.147. The summed E-state index contributed by atoms with van der Waals surface area (Å²) in [6.07, 6.45) is 14.0. The molecule has 4 saturated heterocycles. The van der Waals surface area contributed by atoms with Gasteiger partial charge in [-0.3, -0.25) is 57.5 Å². The summed E-state index contributed by atoms with van der Waals surface area (Å²) in [5.74, 6) is -4.35. The van der Waals surface area contributed by atoms with Crippen LogP contribution in [-0.2, 0) is 47.9 Å². The normalized spacial score (nSPS) is 23.6. The fourth-order valence-corrected chi connectivity index (χ4v) is 12.3. The fourth-order valence-electron chi connectivity index (χ4n) is 12.3. The molecule has 0 spiro atoms. The lowest BCUT2D eigenvalue weighted by Gasteiger charge is -2.39. The standard InChI is InChI=1S/C34H47N5O7.C33H45N5O6/c1-5-21(3)28-34(45)38-19-13-12-18-27(38)32(43)35-25(16-9-7-8-14-22(40)6-2)31(42)37-29(33(44)36-28)24-20-39(46-4)26-17-11-10-15-23(26)30(24)41;1-4-20(3)27-33(44)38-18-12-11-17-26(38)31(42)35-25(16-8-6-7-13-21(39)5-2)30(41)37-28(32(43)36-27)23-19-34-24-15-10-9-14-22(24)29(23)40/h10-11,15,17,20-21,25,27-29H,5-9,12-14,16,18-19H2,1-4H3,(H,35,43)(H,36,44)(H,37,42);9-10,14-15,19-20,25-28H,4-8,11-13,16-18H2,1-3H3,(H,34,40)(H,35,42)(H,36,43)(H,37,41)/t21?,25-,27+,28-,29-;20?,25-,26+,27-,28-/m00/s1. The summed E-state index contributed by atoms with van der Waals surface area (Å²) < 4.78 is 1.36. The molecule has 23 heteroatoms. The number of carbonyl (C=O) groups excluding carboxylic acids is 10. The Kier molecular flexibility index (Phi) is 25.4. The van der Waals surface area contributed by atoms with Crippen molar-refractivity contribution in [2.75, 3.05) is 20.2 Å². The Bertz CT molecular complexity index is 3380. The van der Waals surface area contributed by atoms with Crippen LogP contribution in [0.1, 0.15) is 193 Å². The van der Waals surface area contributed by atoms with Crippen molar-refractivity contribution in [3.8, 4) is 0 Å². The van der Waals surface area contributed by atoms with Crippen LogP contribution in [0.3, 0.4) is 0 Å². The largest absolute Gasteiger partial charge is 0.417 e. The van der Waals surface area contributed by atoms with E-state index in [1.54, 1.807) is 53.4 Å². The van der Waals surface area contributed by atoms with Gasteiger partial charge in [0.25, 0.3) is 0 Å². The lowest BCUT2D eigenvalue weighted by Crippen LogP contribution is -2.63. The number of nitrogens with one attached hydrogen (secondary N) is 7. The van der Waals surface area contributed by atoms with Crippen molar-refractivity contribution in [3.05, 3.63) is 92.5 Å². The third kappa shape index (κ3) is 17.0. The number of aromatic nitrogens is 2. The Morgan fingerprint density at radius 1 is 0.522 bits per heavy atom. The minimum absolute atomic E-state index is 0.0287. The van der Waals surface area contributed by atoms with Crippen LogP contribution in [0.5, 0.6) is 0 Å². The van der Waals surface area contributed by atoms with Crippen molar-refractivity contribution in [1.82, 2.24) is 51.4 Å². The molecule has 23 nitrogen and oxygen atoms in total. The van der Waals surface area contributed by atoms with Gasteiger partial charge in [-0.1, -0.05) is 104 Å². The Morgan fingerprint density at radius 2 is 0.978 bits per heavy atom. The van der Waals surface area contributed by atoms with Gasteiger partial charge in [0.05, 0.1) is 17.3 Å². The van der Waals surface area contributed by atoms with Crippen LogP contribution in [0.15, 0.2) is 70.5 Å². The minimum atomic E-state index is -1.48. The topological polar surface area (TPSA) is 313 Å². The second kappa shape index (κ2) is 33.0. The number of para-hydroxylation sites is 2. The zero-order chi connectivity index (χ0) is 65.2. The Morgan fingerprint density at radius 3 is 1.46 bits per heavy atom. The molecule has 6 heterocycles. The van der Waals surface area contributed by atoms with Crippen molar-refractivity contribution in [1.29, 1.82) is 0 Å². The summed E-state index contributed by atoms with van der Waals surface area (Å²) in [6, 6.07) is 5.28. The lowest BCUT2D eigenvalue weighted by atomic mass is 9.93. The van der Waals surface area contributed by atoms with Gasteiger partial charge in [0, 0.05) is 66.8 Å². The summed E-state index contributed by atoms with van der Waals surface area (Å²) in [6.45, 7) is 11.9. The number of benzene rings is 2. The predicted octanol–water partition coefficient (Wildman–Crippen LogP) is 5.58. The first-order valence-corrected chi connectivity index (χ1v) is 32.5. The zero-order valence-corrected chi connectivity index (χ0v) is 53.3. The fraction of sp³-hybridized carbons (Fsp3) is 0.582. The van der Waals surface area contributed by atoms with Crippen LogP contribution in [0, 0.1) is 11.8 Å². The van der Waals surface area contributed by atoms with E-state index in [9.17, 15) is 57.5 Å². The monoisotopic (exact) mass is 1240 g/mol. The molecule has 4 aromatic rings. The molecule has 0 saturated carbocycles. The van der Waals surface area contributed by atoms with E-state index in [1.807, 2.05) is 41.5 Å². The van der Waals surface area contributed by atoms with Gasteiger partial charge in [-0.05, 0) is 100 Å². The number of unbranched alkanes of at least 4 members (excludes halogenated alkanes) is 4. The summed E-state index contributed by atoms with van der Waals surface area (Å²) in [5.41, 5.74) is 0.153. The van der Waals surface area contributed by atoms with Crippen LogP contribution < -0.4 is 47.6 Å². The maximum Gasteiger partial charge on any atom is 0.248 e. The highest BCUT2D eigenvalue weighted by molar-refractivity contribution is 6.00. The number of Topliss-reactive ketones (excluding diaryl/α,β-unsaturated/α-hetero) is 2. The van der Waals surface area contributed by atoms with Crippen LogP contribution in [0.2, 0.25) is 0 Å². The number of nitrogens with zero attached hydrogens (tertiary/aromatic N) is 3. The molecule has 0 bridgehead atoms. The summed E-state index contributed by atoms with van der Waals surface area (Å²) >= 11 is 0. The van der Waals surface area contributed by atoms with Crippen LogP contribution in [-0.4, -0.2) is 135 Å². The van der Waals surface area contributed by atoms with Crippen molar-refractivity contribution in [2.24, 2.45) is 11.8 Å². The number of fused-ring (bicyclic) bond motifs is 4. The number of piperidine rings is 2. The highest BCUT2D eigenvalue weighted by Crippen LogP contribution is 2.27. The van der Waals surface area contributed by atoms with Crippen molar-refractivity contribution in [3.63, 3.8) is 0 Å². The number of rotatable bonds is 21. The van der Waals surface area contributed by atoms with E-state index < -0.39 is 94.6 Å². The Labute approximate surface area is 525 Å². The Balaban J connectivity index is 0.000000256. The van der Waals surface area contributed by atoms with Gasteiger partial charge in [0.2, 0.25) is 47.3 Å². The Hall–Kier alpha value is -8.24. The molecule has 10 atom stereocenters. The molecule has 2 aromatic heterocycles. The summed E-state index contributed by atoms with van der Waals surface area (Å²) in [5, 5.41) is 17.6. The van der Waals surface area contributed by atoms with Crippen LogP contribution >= 0.6 is 0 Å². The van der Waals surface area contributed by atoms with Crippen LogP contribution in [0.4, 0.5) is 0 Å². The number of hydrogen-bond acceptors (Lipinski definition) is 13. The van der Waals surface area contributed by atoms with Gasteiger partial charge >= 0.3 is 0 Å².